The third-order valence-corrected chi connectivity index (χ3v) is 2.01. The lowest BCUT2D eigenvalue weighted by molar-refractivity contribution is 0.0697. The van der Waals surface area contributed by atoms with E-state index >= 15 is 0 Å². The zero-order valence-electron chi connectivity index (χ0n) is 8.58. The number of anilines is 2. The fraction of sp³-hybridized carbons (Fsp3) is 0.100. The number of carboxylic acid groups (broad SMARTS) is 1. The van der Waals surface area contributed by atoms with Crippen LogP contribution in [0.4, 0.5) is 11.5 Å². The van der Waals surface area contributed by atoms with Gasteiger partial charge in [-0.1, -0.05) is 0 Å². The number of nitrogens with one attached hydrogen (secondary N) is 1. The molecule has 6 nitrogen and oxygen atoms in total. The van der Waals surface area contributed by atoms with E-state index in [2.05, 4.69) is 15.4 Å². The topological polar surface area (TPSA) is 80.0 Å². The number of aryl methyl sites for hydroxylation is 1. The summed E-state index contributed by atoms with van der Waals surface area (Å²) in [5, 5.41) is 15.8. The van der Waals surface area contributed by atoms with E-state index in [1.165, 1.54) is 12.3 Å². The second-order valence-electron chi connectivity index (χ2n) is 3.23. The lowest BCUT2D eigenvalue weighted by atomic mass is 10.2. The van der Waals surface area contributed by atoms with Gasteiger partial charge in [0.05, 0.1) is 11.9 Å². The Bertz CT molecular complexity index is 521. The quantitative estimate of drug-likeness (QED) is 0.810. The van der Waals surface area contributed by atoms with Crippen LogP contribution in [0.15, 0.2) is 30.7 Å². The molecule has 6 heteroatoms. The summed E-state index contributed by atoms with van der Waals surface area (Å²) in [5.74, 6) is -0.706. The van der Waals surface area contributed by atoms with Gasteiger partial charge < -0.3 is 10.4 Å². The molecule has 2 aromatic heterocycles. The highest BCUT2D eigenvalue weighted by atomic mass is 16.4. The SMILES string of the molecule is Cn1cc(Nc2ncccc2C(=O)O)cn1. The molecule has 2 heterocycles. The maximum Gasteiger partial charge on any atom is 0.339 e. The van der Waals surface area contributed by atoms with Crippen molar-refractivity contribution in [3.8, 4) is 0 Å². The van der Waals surface area contributed by atoms with Crippen molar-refractivity contribution in [2.45, 2.75) is 0 Å². The van der Waals surface area contributed by atoms with E-state index in [1.807, 2.05) is 0 Å². The predicted molar refractivity (Wildman–Crippen MR) is 57.7 cm³/mol. The molecule has 2 rings (SSSR count). The highest BCUT2D eigenvalue weighted by Gasteiger charge is 2.10. The number of rotatable bonds is 3. The number of carboxylic acids is 1. The van der Waals surface area contributed by atoms with Gasteiger partial charge in [-0.2, -0.15) is 5.10 Å². The molecule has 16 heavy (non-hydrogen) atoms. The third kappa shape index (κ3) is 2.00. The summed E-state index contributed by atoms with van der Waals surface area (Å²) >= 11 is 0. The minimum absolute atomic E-state index is 0.131. The van der Waals surface area contributed by atoms with Gasteiger partial charge in [0, 0.05) is 19.4 Å². The van der Waals surface area contributed by atoms with Gasteiger partial charge >= 0.3 is 5.97 Å². The zero-order valence-corrected chi connectivity index (χ0v) is 8.58. The van der Waals surface area contributed by atoms with E-state index in [0.717, 1.165) is 0 Å². The van der Waals surface area contributed by atoms with Crippen LogP contribution in [0.2, 0.25) is 0 Å². The van der Waals surface area contributed by atoms with E-state index in [1.54, 1.807) is 30.2 Å². The third-order valence-electron chi connectivity index (χ3n) is 2.01. The van der Waals surface area contributed by atoms with E-state index in [4.69, 9.17) is 5.11 Å². The van der Waals surface area contributed by atoms with Crippen molar-refractivity contribution in [2.24, 2.45) is 7.05 Å². The number of pyridine rings is 1. The molecule has 82 valence electrons. The Balaban J connectivity index is 2.31. The molecule has 0 unspecified atom stereocenters. The monoisotopic (exact) mass is 218 g/mol. The molecule has 0 spiro atoms. The van der Waals surface area contributed by atoms with Crippen molar-refractivity contribution in [2.75, 3.05) is 5.32 Å². The lowest BCUT2D eigenvalue weighted by Gasteiger charge is -2.05. The van der Waals surface area contributed by atoms with Gasteiger partial charge in [-0.25, -0.2) is 9.78 Å². The Labute approximate surface area is 91.6 Å². The van der Waals surface area contributed by atoms with Crippen molar-refractivity contribution in [1.29, 1.82) is 0 Å². The summed E-state index contributed by atoms with van der Waals surface area (Å²) in [4.78, 5) is 14.9. The first-order valence-corrected chi connectivity index (χ1v) is 4.61. The zero-order chi connectivity index (χ0) is 11.5. The van der Waals surface area contributed by atoms with Gasteiger partial charge in [0.2, 0.25) is 0 Å². The Hall–Kier alpha value is -2.37. The number of hydrogen-bond acceptors (Lipinski definition) is 4. The number of hydrogen-bond donors (Lipinski definition) is 2. The molecule has 0 radical (unpaired) electrons. The Kier molecular flexibility index (Phi) is 2.55. The van der Waals surface area contributed by atoms with Gasteiger partial charge in [-0.15, -0.1) is 0 Å². The summed E-state index contributed by atoms with van der Waals surface area (Å²) in [7, 11) is 1.78. The molecule has 0 aliphatic rings. The van der Waals surface area contributed by atoms with Crippen molar-refractivity contribution in [1.82, 2.24) is 14.8 Å². The number of carbonyl (C=O) groups is 1. The van der Waals surface area contributed by atoms with Crippen molar-refractivity contribution >= 4 is 17.5 Å². The second kappa shape index (κ2) is 4.01. The molecule has 0 fully saturated rings. The number of aromatic nitrogens is 3. The molecule has 2 aromatic rings. The van der Waals surface area contributed by atoms with Crippen LogP contribution in [-0.2, 0) is 7.05 Å². The molecule has 0 aliphatic heterocycles. The summed E-state index contributed by atoms with van der Waals surface area (Å²) in [5.41, 5.74) is 0.829. The molecule has 0 atom stereocenters. The first-order valence-electron chi connectivity index (χ1n) is 4.61. The molecular formula is C10H10N4O2. The summed E-state index contributed by atoms with van der Waals surface area (Å²) < 4.78 is 1.62. The van der Waals surface area contributed by atoms with Crippen LogP contribution < -0.4 is 5.32 Å². The van der Waals surface area contributed by atoms with Crippen molar-refractivity contribution in [3.05, 3.63) is 36.3 Å². The van der Waals surface area contributed by atoms with Gasteiger partial charge in [0.1, 0.15) is 11.4 Å². The van der Waals surface area contributed by atoms with Crippen LogP contribution in [0, 0.1) is 0 Å². The Morgan fingerprint density at radius 1 is 1.56 bits per heavy atom. The largest absolute Gasteiger partial charge is 0.478 e. The number of aromatic carboxylic acids is 1. The average Bonchev–Trinajstić information content (AvgIpc) is 2.64. The maximum atomic E-state index is 10.9. The minimum Gasteiger partial charge on any atom is -0.478 e. The maximum absolute atomic E-state index is 10.9. The lowest BCUT2D eigenvalue weighted by Crippen LogP contribution is -2.03. The van der Waals surface area contributed by atoms with Gasteiger partial charge in [-0.3, -0.25) is 4.68 Å². The minimum atomic E-state index is -1.01. The fourth-order valence-corrected chi connectivity index (χ4v) is 1.30. The van der Waals surface area contributed by atoms with Gasteiger partial charge in [0.15, 0.2) is 0 Å². The Morgan fingerprint density at radius 3 is 3.00 bits per heavy atom. The molecule has 2 N–H and O–H groups in total. The average molecular weight is 218 g/mol. The van der Waals surface area contributed by atoms with E-state index in [-0.39, 0.29) is 5.56 Å². The Morgan fingerprint density at radius 2 is 2.38 bits per heavy atom. The standard InChI is InChI=1S/C10H10N4O2/c1-14-6-7(5-12-14)13-9-8(10(15)16)3-2-4-11-9/h2-6H,1H3,(H,11,13)(H,15,16). The molecule has 0 saturated carbocycles. The predicted octanol–water partition coefficient (Wildman–Crippen LogP) is 1.26. The normalized spacial score (nSPS) is 10.1. The summed E-state index contributed by atoms with van der Waals surface area (Å²) in [6.07, 6.45) is 4.87. The molecular weight excluding hydrogens is 208 g/mol. The molecule has 0 bridgehead atoms. The number of nitrogens with zero attached hydrogens (tertiary/aromatic N) is 3. The van der Waals surface area contributed by atoms with E-state index in [9.17, 15) is 4.79 Å². The van der Waals surface area contributed by atoms with Gasteiger partial charge in [-0.05, 0) is 12.1 Å². The molecule has 0 amide bonds. The highest BCUT2D eigenvalue weighted by molar-refractivity contribution is 5.93. The first-order chi connectivity index (χ1) is 7.66. The fourth-order valence-electron chi connectivity index (χ4n) is 1.30. The van der Waals surface area contributed by atoms with Crippen LogP contribution in [0.1, 0.15) is 10.4 Å². The van der Waals surface area contributed by atoms with Crippen molar-refractivity contribution in [3.63, 3.8) is 0 Å². The van der Waals surface area contributed by atoms with Crippen LogP contribution in [0.25, 0.3) is 0 Å². The molecule has 0 saturated heterocycles. The molecule has 0 aromatic carbocycles. The van der Waals surface area contributed by atoms with Gasteiger partial charge in [0.25, 0.3) is 0 Å². The van der Waals surface area contributed by atoms with Crippen LogP contribution in [0.5, 0.6) is 0 Å². The van der Waals surface area contributed by atoms with Crippen LogP contribution >= 0.6 is 0 Å². The smallest absolute Gasteiger partial charge is 0.339 e. The van der Waals surface area contributed by atoms with E-state index in [0.29, 0.717) is 11.5 Å². The van der Waals surface area contributed by atoms with Crippen molar-refractivity contribution < 1.29 is 9.90 Å². The molecule has 0 aliphatic carbocycles. The highest BCUT2D eigenvalue weighted by Crippen LogP contribution is 2.17. The van der Waals surface area contributed by atoms with Crippen LogP contribution in [-0.4, -0.2) is 25.8 Å². The van der Waals surface area contributed by atoms with E-state index < -0.39 is 5.97 Å². The summed E-state index contributed by atoms with van der Waals surface area (Å²) in [6, 6.07) is 3.08. The second-order valence-corrected chi connectivity index (χ2v) is 3.23. The first kappa shape index (κ1) is 10.2. The summed E-state index contributed by atoms with van der Waals surface area (Å²) in [6.45, 7) is 0. The van der Waals surface area contributed by atoms with Crippen LogP contribution in [0.3, 0.4) is 0 Å².